The number of hydrogen-bond acceptors (Lipinski definition) is 3. The van der Waals surface area contributed by atoms with Gasteiger partial charge < -0.3 is 15.3 Å². The highest BCUT2D eigenvalue weighted by molar-refractivity contribution is 5.33. The molecule has 0 aromatic rings. The third kappa shape index (κ3) is 2.87. The van der Waals surface area contributed by atoms with Crippen molar-refractivity contribution in [2.75, 3.05) is 0 Å². The maximum Gasteiger partial charge on any atom is 0.0841 e. The van der Waals surface area contributed by atoms with Gasteiger partial charge in [0.2, 0.25) is 0 Å². The van der Waals surface area contributed by atoms with Gasteiger partial charge in [-0.25, -0.2) is 0 Å². The second kappa shape index (κ2) is 7.57. The molecule has 3 nitrogen and oxygen atoms in total. The van der Waals surface area contributed by atoms with E-state index in [-0.39, 0.29) is 45.0 Å². The number of allylic oxidation sites excluding steroid dienone is 1. The molecule has 0 bridgehead atoms. The first-order valence-corrected chi connectivity index (χ1v) is 14.4. The van der Waals surface area contributed by atoms with Gasteiger partial charge >= 0.3 is 0 Å². The first-order chi connectivity index (χ1) is 15.7. The van der Waals surface area contributed by atoms with E-state index in [4.69, 9.17) is 0 Å². The van der Waals surface area contributed by atoms with Gasteiger partial charge in [-0.1, -0.05) is 60.6 Å². The lowest BCUT2D eigenvalue weighted by Crippen LogP contribution is -2.66. The monoisotopic (exact) mass is 472 g/mol. The van der Waals surface area contributed by atoms with Crippen molar-refractivity contribution in [3.8, 4) is 0 Å². The quantitative estimate of drug-likeness (QED) is 0.408. The topological polar surface area (TPSA) is 60.7 Å². The Morgan fingerprint density at radius 2 is 1.44 bits per heavy atom. The lowest BCUT2D eigenvalue weighted by atomic mass is 9.40. The molecular formula is C31H52O3. The maximum absolute atomic E-state index is 11.9. The van der Waals surface area contributed by atoms with Gasteiger partial charge in [0.25, 0.3) is 0 Å². The van der Waals surface area contributed by atoms with Crippen LogP contribution in [0.4, 0.5) is 0 Å². The molecule has 5 saturated carbocycles. The molecule has 5 rings (SSSR count). The molecule has 0 saturated heterocycles. The van der Waals surface area contributed by atoms with Crippen LogP contribution >= 0.6 is 0 Å². The Morgan fingerprint density at radius 3 is 2.09 bits per heavy atom. The van der Waals surface area contributed by atoms with Gasteiger partial charge in [0.05, 0.1) is 18.3 Å². The summed E-state index contributed by atoms with van der Waals surface area (Å²) in [6, 6.07) is 0. The molecule has 0 radical (unpaired) electrons. The van der Waals surface area contributed by atoms with Crippen LogP contribution in [-0.4, -0.2) is 33.6 Å². The Balaban J connectivity index is 1.46. The minimum Gasteiger partial charge on any atom is -0.393 e. The van der Waals surface area contributed by atoms with Crippen molar-refractivity contribution in [3.63, 3.8) is 0 Å². The molecule has 0 heterocycles. The summed E-state index contributed by atoms with van der Waals surface area (Å²) in [5, 5.41) is 34.4. The van der Waals surface area contributed by atoms with Gasteiger partial charge in [-0.15, -0.1) is 0 Å². The van der Waals surface area contributed by atoms with Crippen LogP contribution in [0.1, 0.15) is 106 Å². The average molecular weight is 473 g/mol. The number of rotatable bonds is 5. The Bertz CT molecular complexity index is 848. The summed E-state index contributed by atoms with van der Waals surface area (Å²) in [6.07, 6.45) is 8.43. The van der Waals surface area contributed by atoms with Gasteiger partial charge in [-0.05, 0) is 109 Å². The summed E-state index contributed by atoms with van der Waals surface area (Å²) in [5.41, 5.74) is 1.57. The molecular weight excluding hydrogens is 420 g/mol. The Kier molecular flexibility index (Phi) is 5.63. The smallest absolute Gasteiger partial charge is 0.0841 e. The molecule has 11 unspecified atom stereocenters. The summed E-state index contributed by atoms with van der Waals surface area (Å²) in [4.78, 5) is 0. The molecule has 5 aliphatic carbocycles. The number of fused-ring (bicyclic) bond motifs is 2. The second-order valence-corrected chi connectivity index (χ2v) is 15.1. The summed E-state index contributed by atoms with van der Waals surface area (Å²) in [5.74, 6) is 2.07. The SMILES string of the molecule is C=C(CCC(C)C1CCC2(C)C3C(O)C(O)C4C(C)(C)C(O)CCC45CC35CCC12C)C(C)C. The minimum absolute atomic E-state index is 0.00104. The van der Waals surface area contributed by atoms with Crippen molar-refractivity contribution >= 4 is 0 Å². The predicted octanol–water partition coefficient (Wildman–Crippen LogP) is 6.36. The van der Waals surface area contributed by atoms with Crippen molar-refractivity contribution < 1.29 is 15.3 Å². The fraction of sp³-hybridized carbons (Fsp3) is 0.935. The van der Waals surface area contributed by atoms with E-state index in [1.165, 1.54) is 37.7 Å². The fourth-order valence-corrected chi connectivity index (χ4v) is 11.3. The lowest BCUT2D eigenvalue weighted by molar-refractivity contribution is -0.244. The van der Waals surface area contributed by atoms with Crippen LogP contribution in [-0.2, 0) is 0 Å². The van der Waals surface area contributed by atoms with E-state index in [9.17, 15) is 15.3 Å². The molecule has 0 aromatic carbocycles. The van der Waals surface area contributed by atoms with Crippen LogP contribution in [0, 0.1) is 56.7 Å². The van der Waals surface area contributed by atoms with Gasteiger partial charge in [0.1, 0.15) is 0 Å². The van der Waals surface area contributed by atoms with Gasteiger partial charge in [0.15, 0.2) is 0 Å². The van der Waals surface area contributed by atoms with Crippen molar-refractivity contribution in [1.29, 1.82) is 0 Å². The molecule has 0 aromatic heterocycles. The van der Waals surface area contributed by atoms with E-state index in [1.54, 1.807) is 0 Å². The summed E-state index contributed by atoms with van der Waals surface area (Å²) >= 11 is 0. The van der Waals surface area contributed by atoms with Crippen molar-refractivity contribution in [3.05, 3.63) is 12.2 Å². The van der Waals surface area contributed by atoms with Crippen molar-refractivity contribution in [2.24, 2.45) is 56.7 Å². The van der Waals surface area contributed by atoms with Gasteiger partial charge in [-0.2, -0.15) is 0 Å². The van der Waals surface area contributed by atoms with E-state index in [0.717, 1.165) is 25.7 Å². The average Bonchev–Trinajstić information content (AvgIpc) is 3.30. The molecule has 194 valence electrons. The molecule has 0 aliphatic heterocycles. The predicted molar refractivity (Wildman–Crippen MR) is 138 cm³/mol. The van der Waals surface area contributed by atoms with Crippen LogP contribution in [0.15, 0.2) is 12.2 Å². The summed E-state index contributed by atoms with van der Waals surface area (Å²) in [6.45, 7) is 20.6. The maximum atomic E-state index is 11.9. The number of hydrogen-bond donors (Lipinski definition) is 3. The van der Waals surface area contributed by atoms with E-state index in [1.807, 2.05) is 0 Å². The Labute approximate surface area is 208 Å². The van der Waals surface area contributed by atoms with E-state index < -0.39 is 12.2 Å². The summed E-state index contributed by atoms with van der Waals surface area (Å²) in [7, 11) is 0. The summed E-state index contributed by atoms with van der Waals surface area (Å²) < 4.78 is 0. The molecule has 5 fully saturated rings. The first-order valence-electron chi connectivity index (χ1n) is 14.4. The van der Waals surface area contributed by atoms with Crippen molar-refractivity contribution in [1.82, 2.24) is 0 Å². The third-order valence-electron chi connectivity index (χ3n) is 13.5. The van der Waals surface area contributed by atoms with Crippen molar-refractivity contribution in [2.45, 2.75) is 125 Å². The fourth-order valence-electron chi connectivity index (χ4n) is 11.3. The van der Waals surface area contributed by atoms with E-state index in [0.29, 0.717) is 17.8 Å². The third-order valence-corrected chi connectivity index (χ3v) is 13.5. The van der Waals surface area contributed by atoms with Crippen LogP contribution in [0.3, 0.4) is 0 Å². The zero-order chi connectivity index (χ0) is 25.1. The molecule has 0 amide bonds. The largest absolute Gasteiger partial charge is 0.393 e. The molecule has 3 N–H and O–H groups in total. The zero-order valence-electron chi connectivity index (χ0n) is 23.0. The molecule has 5 aliphatic rings. The zero-order valence-corrected chi connectivity index (χ0v) is 23.0. The van der Waals surface area contributed by atoms with Crippen LogP contribution < -0.4 is 0 Å². The lowest BCUT2D eigenvalue weighted by Gasteiger charge is -2.65. The molecule has 2 spiro atoms. The van der Waals surface area contributed by atoms with Gasteiger partial charge in [0, 0.05) is 5.92 Å². The number of aliphatic hydroxyl groups excluding tert-OH is 3. The first kappa shape index (κ1) is 25.3. The standard InChI is InChI=1S/C31H52O3/c1-18(2)19(3)9-10-20(4)21-11-13-29(8)26-24(34)23(33)25-27(5,6)22(32)12-14-30(25)17-31(26,30)16-15-28(21,29)7/h18,20-26,32-34H,3,9-17H2,1-2,4-8H3. The highest BCUT2D eigenvalue weighted by Crippen LogP contribution is 2.89. The molecule has 11 atom stereocenters. The van der Waals surface area contributed by atoms with Crippen LogP contribution in [0.2, 0.25) is 0 Å². The van der Waals surface area contributed by atoms with Crippen LogP contribution in [0.5, 0.6) is 0 Å². The highest BCUT2D eigenvalue weighted by atomic mass is 16.3. The molecule has 3 heteroatoms. The highest BCUT2D eigenvalue weighted by Gasteiger charge is 2.85. The normalized spacial score (nSPS) is 54.0. The van der Waals surface area contributed by atoms with Crippen LogP contribution in [0.25, 0.3) is 0 Å². The van der Waals surface area contributed by atoms with E-state index >= 15 is 0 Å². The number of aliphatic hydroxyl groups is 3. The molecule has 34 heavy (non-hydrogen) atoms. The second-order valence-electron chi connectivity index (χ2n) is 15.1. The van der Waals surface area contributed by atoms with Gasteiger partial charge in [-0.3, -0.25) is 0 Å². The van der Waals surface area contributed by atoms with E-state index in [2.05, 4.69) is 55.0 Å². The Hall–Kier alpha value is -0.380. The Morgan fingerprint density at radius 1 is 0.824 bits per heavy atom. The minimum atomic E-state index is -0.726.